The zero-order valence-corrected chi connectivity index (χ0v) is 18.4. The van der Waals surface area contributed by atoms with Gasteiger partial charge in [0.15, 0.2) is 0 Å². The Kier molecular flexibility index (Phi) is 5.64. The van der Waals surface area contributed by atoms with Crippen molar-refractivity contribution in [2.45, 2.75) is 61.9 Å². The van der Waals surface area contributed by atoms with E-state index in [2.05, 4.69) is 34.5 Å². The molecule has 2 aromatic rings. The highest BCUT2D eigenvalue weighted by atomic mass is 35.5. The Morgan fingerprint density at radius 2 is 1.34 bits per heavy atom. The Hall–Kier alpha value is -1.06. The van der Waals surface area contributed by atoms with E-state index in [0.29, 0.717) is 17.9 Å². The summed E-state index contributed by atoms with van der Waals surface area (Å²) in [6, 6.07) is 17.3. The molecule has 0 aromatic heterocycles. The van der Waals surface area contributed by atoms with Gasteiger partial charge < -0.3 is 5.32 Å². The molecule has 1 saturated carbocycles. The first-order valence-electron chi connectivity index (χ1n) is 11.2. The number of halogens is 2. The largest absolute Gasteiger partial charge is 0.313 e. The highest BCUT2D eigenvalue weighted by molar-refractivity contribution is 6.31. The van der Waals surface area contributed by atoms with Crippen molar-refractivity contribution >= 4 is 23.2 Å². The van der Waals surface area contributed by atoms with E-state index >= 15 is 0 Å². The Balaban J connectivity index is 1.61. The van der Waals surface area contributed by atoms with Crippen LogP contribution in [0.4, 0.5) is 0 Å². The first-order valence-corrected chi connectivity index (χ1v) is 11.9. The predicted molar refractivity (Wildman–Crippen MR) is 122 cm³/mol. The number of likely N-dealkylation sites (tertiary alicyclic amines) is 1. The molecule has 4 aliphatic rings. The van der Waals surface area contributed by atoms with Gasteiger partial charge in [-0.25, -0.2) is 0 Å². The molecule has 0 radical (unpaired) electrons. The number of nitrogens with zero attached hydrogens (tertiary/aromatic N) is 1. The number of benzene rings is 2. The maximum atomic E-state index is 6.74. The Labute approximate surface area is 184 Å². The van der Waals surface area contributed by atoms with Crippen LogP contribution in [0.3, 0.4) is 0 Å². The Morgan fingerprint density at radius 3 is 1.90 bits per heavy atom. The molecule has 3 saturated heterocycles. The van der Waals surface area contributed by atoms with Crippen molar-refractivity contribution in [3.63, 3.8) is 0 Å². The second-order valence-corrected chi connectivity index (χ2v) is 9.98. The topological polar surface area (TPSA) is 15.3 Å². The molecule has 2 bridgehead atoms. The quantitative estimate of drug-likeness (QED) is 0.621. The van der Waals surface area contributed by atoms with Gasteiger partial charge in [0.05, 0.1) is 0 Å². The number of piperidine rings is 1. The summed E-state index contributed by atoms with van der Waals surface area (Å²) in [6.07, 6.45) is 7.61. The average molecular weight is 429 g/mol. The van der Waals surface area contributed by atoms with Gasteiger partial charge in [0.25, 0.3) is 0 Å². The van der Waals surface area contributed by atoms with Crippen LogP contribution < -0.4 is 5.32 Å². The minimum absolute atomic E-state index is 0.230. The molecule has 4 heteroatoms. The molecule has 29 heavy (non-hydrogen) atoms. The molecule has 2 nitrogen and oxygen atoms in total. The number of fused-ring (bicyclic) bond motifs is 4. The second kappa shape index (κ2) is 8.23. The Bertz CT molecular complexity index is 806. The van der Waals surface area contributed by atoms with Gasteiger partial charge in [-0.1, -0.05) is 66.0 Å². The van der Waals surface area contributed by atoms with E-state index in [9.17, 15) is 0 Å². The molecule has 1 N–H and O–H groups in total. The number of hydrogen-bond donors (Lipinski definition) is 1. The SMILES string of the molecule is Clc1ccccc1C1CC2(N3CCCCC3)CCNC1C(c1ccccc1Cl)C2. The fourth-order valence-corrected chi connectivity index (χ4v) is 6.89. The predicted octanol–water partition coefficient (Wildman–Crippen LogP) is 6.24. The molecule has 154 valence electrons. The Morgan fingerprint density at radius 1 is 0.793 bits per heavy atom. The molecule has 3 heterocycles. The van der Waals surface area contributed by atoms with E-state index in [1.807, 2.05) is 24.3 Å². The van der Waals surface area contributed by atoms with Crippen molar-refractivity contribution < 1.29 is 0 Å². The van der Waals surface area contributed by atoms with Gasteiger partial charge in [-0.3, -0.25) is 4.90 Å². The molecular formula is C25H30Cl2N2. The highest BCUT2D eigenvalue weighted by Crippen LogP contribution is 2.53. The zero-order valence-electron chi connectivity index (χ0n) is 16.9. The van der Waals surface area contributed by atoms with Gasteiger partial charge in [-0.05, 0) is 75.0 Å². The summed E-state index contributed by atoms with van der Waals surface area (Å²) in [5.74, 6) is 0.811. The van der Waals surface area contributed by atoms with Gasteiger partial charge >= 0.3 is 0 Å². The van der Waals surface area contributed by atoms with Crippen LogP contribution in [0.1, 0.15) is 61.5 Å². The molecular weight excluding hydrogens is 399 g/mol. The number of hydrogen-bond acceptors (Lipinski definition) is 2. The highest BCUT2D eigenvalue weighted by Gasteiger charge is 2.52. The maximum absolute atomic E-state index is 6.74. The number of rotatable bonds is 3. The third-order valence-electron chi connectivity index (χ3n) is 7.67. The molecule has 2 unspecified atom stereocenters. The van der Waals surface area contributed by atoms with Crippen molar-refractivity contribution in [1.29, 1.82) is 0 Å². The molecule has 0 spiro atoms. The normalized spacial score (nSPS) is 32.8. The van der Waals surface area contributed by atoms with Crippen molar-refractivity contribution in [2.24, 2.45) is 0 Å². The lowest BCUT2D eigenvalue weighted by molar-refractivity contribution is 0.0205. The molecule has 4 fully saturated rings. The first-order chi connectivity index (χ1) is 14.2. The zero-order chi connectivity index (χ0) is 19.8. The van der Waals surface area contributed by atoms with Crippen LogP contribution in [0.5, 0.6) is 0 Å². The third kappa shape index (κ3) is 3.63. The third-order valence-corrected chi connectivity index (χ3v) is 8.36. The summed E-state index contributed by atoms with van der Waals surface area (Å²) in [5, 5.41) is 5.75. The van der Waals surface area contributed by atoms with E-state index in [0.717, 1.165) is 16.6 Å². The molecule has 2 aromatic carbocycles. The van der Waals surface area contributed by atoms with Crippen molar-refractivity contribution in [3.8, 4) is 0 Å². The van der Waals surface area contributed by atoms with E-state index < -0.39 is 0 Å². The van der Waals surface area contributed by atoms with Crippen LogP contribution >= 0.6 is 23.2 Å². The summed E-state index contributed by atoms with van der Waals surface area (Å²) in [4.78, 5) is 2.83. The second-order valence-electron chi connectivity index (χ2n) is 9.17. The van der Waals surface area contributed by atoms with Gasteiger partial charge in [-0.15, -0.1) is 0 Å². The summed E-state index contributed by atoms with van der Waals surface area (Å²) < 4.78 is 0. The molecule has 2 atom stereocenters. The average Bonchev–Trinajstić information content (AvgIpc) is 3.06. The van der Waals surface area contributed by atoms with Gasteiger partial charge in [0.2, 0.25) is 0 Å². The summed E-state index contributed by atoms with van der Waals surface area (Å²) in [7, 11) is 0. The van der Waals surface area contributed by atoms with Gasteiger partial charge in [0, 0.05) is 33.5 Å². The van der Waals surface area contributed by atoms with Crippen molar-refractivity contribution in [1.82, 2.24) is 10.2 Å². The fourth-order valence-electron chi connectivity index (χ4n) is 6.34. The summed E-state index contributed by atoms with van der Waals surface area (Å²) in [6.45, 7) is 3.54. The van der Waals surface area contributed by atoms with E-state index in [1.54, 1.807) is 0 Å². The minimum atomic E-state index is 0.230. The fraction of sp³-hybridized carbons (Fsp3) is 0.520. The van der Waals surface area contributed by atoms with E-state index in [4.69, 9.17) is 23.2 Å². The van der Waals surface area contributed by atoms with Crippen LogP contribution in [-0.2, 0) is 0 Å². The van der Waals surface area contributed by atoms with Crippen LogP contribution in [0.2, 0.25) is 10.0 Å². The summed E-state index contributed by atoms with van der Waals surface area (Å²) >= 11 is 13.5. The smallest absolute Gasteiger partial charge is 0.0441 e. The van der Waals surface area contributed by atoms with Gasteiger partial charge in [-0.2, -0.15) is 0 Å². The lowest BCUT2D eigenvalue weighted by Gasteiger charge is -2.53. The standard InChI is InChI=1S/C25H30Cl2N2/c26-22-10-4-2-8-18(22)20-16-25(29-14-6-1-7-15-29)12-13-28-24(20)21(17-25)19-9-3-5-11-23(19)27/h2-5,8-11,20-21,24,28H,1,6-7,12-17H2. The van der Waals surface area contributed by atoms with Crippen LogP contribution in [0, 0.1) is 0 Å². The lowest BCUT2D eigenvalue weighted by atomic mass is 9.63. The maximum Gasteiger partial charge on any atom is 0.0441 e. The first kappa shape index (κ1) is 19.9. The number of nitrogens with one attached hydrogen (secondary N) is 1. The van der Waals surface area contributed by atoms with Crippen molar-refractivity contribution in [3.05, 3.63) is 69.7 Å². The summed E-state index contributed by atoms with van der Waals surface area (Å²) in [5.41, 5.74) is 2.83. The van der Waals surface area contributed by atoms with Crippen LogP contribution in [-0.4, -0.2) is 36.1 Å². The van der Waals surface area contributed by atoms with Crippen LogP contribution in [0.25, 0.3) is 0 Å². The molecule has 6 rings (SSSR count). The molecule has 1 aliphatic carbocycles. The molecule has 3 aliphatic heterocycles. The van der Waals surface area contributed by atoms with E-state index in [-0.39, 0.29) is 5.54 Å². The van der Waals surface area contributed by atoms with Crippen molar-refractivity contribution in [2.75, 3.05) is 19.6 Å². The lowest BCUT2D eigenvalue weighted by Crippen LogP contribution is -2.56. The monoisotopic (exact) mass is 428 g/mol. The molecule has 0 amide bonds. The van der Waals surface area contributed by atoms with Crippen LogP contribution in [0.15, 0.2) is 48.5 Å². The minimum Gasteiger partial charge on any atom is -0.313 e. The van der Waals surface area contributed by atoms with Gasteiger partial charge in [0.1, 0.15) is 0 Å². The van der Waals surface area contributed by atoms with E-state index in [1.165, 1.54) is 62.7 Å².